The molecule has 20 heavy (non-hydrogen) atoms. The van der Waals surface area contributed by atoms with Crippen molar-refractivity contribution in [1.82, 2.24) is 4.98 Å². The molecule has 0 aliphatic rings. The first kappa shape index (κ1) is 13.8. The van der Waals surface area contributed by atoms with Crippen molar-refractivity contribution in [3.05, 3.63) is 59.4 Å². The summed E-state index contributed by atoms with van der Waals surface area (Å²) in [4.78, 5) is 17.5. The number of anilines is 1. The van der Waals surface area contributed by atoms with Crippen LogP contribution >= 0.6 is 0 Å². The molecule has 0 atom stereocenters. The molecule has 0 saturated heterocycles. The van der Waals surface area contributed by atoms with Gasteiger partial charge in [0.2, 0.25) is 0 Å². The number of nitriles is 1. The number of ketones is 1. The standard InChI is InChI=1S/C16H15N3O/c1-12(20)14-5-6-15(9-17)16(8-14)19(2)11-13-4-3-7-18-10-13/h3-8,10H,11H2,1-2H3. The minimum absolute atomic E-state index is 0.00878. The first-order chi connectivity index (χ1) is 9.61. The maximum atomic E-state index is 11.5. The maximum absolute atomic E-state index is 11.5. The second kappa shape index (κ2) is 5.98. The fraction of sp³-hybridized carbons (Fsp3) is 0.188. The molecular formula is C16H15N3O. The quantitative estimate of drug-likeness (QED) is 0.798. The first-order valence-electron chi connectivity index (χ1n) is 6.27. The number of carbonyl (C=O) groups excluding carboxylic acids is 1. The summed E-state index contributed by atoms with van der Waals surface area (Å²) in [5.74, 6) is -0.00878. The largest absolute Gasteiger partial charge is 0.369 e. The van der Waals surface area contributed by atoms with Crippen LogP contribution in [-0.4, -0.2) is 17.8 Å². The Kier molecular flexibility index (Phi) is 4.11. The van der Waals surface area contributed by atoms with Crippen molar-refractivity contribution in [2.75, 3.05) is 11.9 Å². The molecule has 2 aromatic rings. The number of carbonyl (C=O) groups is 1. The third-order valence-electron chi connectivity index (χ3n) is 3.08. The van der Waals surface area contributed by atoms with Crippen molar-refractivity contribution in [3.8, 4) is 6.07 Å². The Morgan fingerprint density at radius 2 is 2.20 bits per heavy atom. The molecule has 1 heterocycles. The summed E-state index contributed by atoms with van der Waals surface area (Å²) in [6.07, 6.45) is 3.51. The monoisotopic (exact) mass is 265 g/mol. The number of hydrogen-bond donors (Lipinski definition) is 0. The number of hydrogen-bond acceptors (Lipinski definition) is 4. The molecule has 0 saturated carbocycles. The van der Waals surface area contributed by atoms with Crippen LogP contribution in [0.4, 0.5) is 5.69 Å². The molecule has 0 unspecified atom stereocenters. The van der Waals surface area contributed by atoms with Crippen LogP contribution < -0.4 is 4.90 Å². The normalized spacial score (nSPS) is 9.85. The highest BCUT2D eigenvalue weighted by molar-refractivity contribution is 5.95. The Bertz CT molecular complexity index is 659. The van der Waals surface area contributed by atoms with Crippen molar-refractivity contribution >= 4 is 11.5 Å². The minimum Gasteiger partial charge on any atom is -0.369 e. The van der Waals surface area contributed by atoms with E-state index < -0.39 is 0 Å². The van der Waals surface area contributed by atoms with Gasteiger partial charge in [0.15, 0.2) is 5.78 Å². The summed E-state index contributed by atoms with van der Waals surface area (Å²) in [6, 6.07) is 11.1. The van der Waals surface area contributed by atoms with Crippen LogP contribution in [0, 0.1) is 11.3 Å². The van der Waals surface area contributed by atoms with E-state index in [1.165, 1.54) is 6.92 Å². The van der Waals surface area contributed by atoms with Gasteiger partial charge in [0, 0.05) is 31.5 Å². The smallest absolute Gasteiger partial charge is 0.159 e. The molecule has 0 aliphatic heterocycles. The molecule has 0 amide bonds. The van der Waals surface area contributed by atoms with Gasteiger partial charge in [0.05, 0.1) is 11.3 Å². The van der Waals surface area contributed by atoms with E-state index in [2.05, 4.69) is 11.1 Å². The second-order valence-electron chi connectivity index (χ2n) is 4.62. The van der Waals surface area contributed by atoms with Crippen LogP contribution in [0.2, 0.25) is 0 Å². The van der Waals surface area contributed by atoms with Crippen molar-refractivity contribution in [2.45, 2.75) is 13.5 Å². The van der Waals surface area contributed by atoms with E-state index in [-0.39, 0.29) is 5.78 Å². The Labute approximate surface area is 118 Å². The first-order valence-corrected chi connectivity index (χ1v) is 6.27. The highest BCUT2D eigenvalue weighted by Gasteiger charge is 2.11. The molecule has 0 aliphatic carbocycles. The summed E-state index contributed by atoms with van der Waals surface area (Å²) in [5.41, 5.74) is 2.97. The third-order valence-corrected chi connectivity index (χ3v) is 3.08. The molecule has 4 heteroatoms. The fourth-order valence-electron chi connectivity index (χ4n) is 2.01. The number of benzene rings is 1. The van der Waals surface area contributed by atoms with Crippen LogP contribution in [0.15, 0.2) is 42.7 Å². The van der Waals surface area contributed by atoms with Crippen LogP contribution in [0.25, 0.3) is 0 Å². The van der Waals surface area contributed by atoms with Gasteiger partial charge in [-0.2, -0.15) is 5.26 Å². The topological polar surface area (TPSA) is 57.0 Å². The maximum Gasteiger partial charge on any atom is 0.159 e. The van der Waals surface area contributed by atoms with Gasteiger partial charge >= 0.3 is 0 Å². The lowest BCUT2D eigenvalue weighted by Crippen LogP contribution is -2.18. The molecule has 1 aromatic carbocycles. The van der Waals surface area contributed by atoms with E-state index in [1.54, 1.807) is 30.6 Å². The molecule has 100 valence electrons. The zero-order valence-corrected chi connectivity index (χ0v) is 11.5. The molecule has 0 spiro atoms. The third kappa shape index (κ3) is 3.01. The Balaban J connectivity index is 2.33. The SMILES string of the molecule is CC(=O)c1ccc(C#N)c(N(C)Cc2cccnc2)c1. The summed E-state index contributed by atoms with van der Waals surface area (Å²) < 4.78 is 0. The van der Waals surface area contributed by atoms with Gasteiger partial charge in [-0.1, -0.05) is 6.07 Å². The Hall–Kier alpha value is -2.67. The number of pyridine rings is 1. The van der Waals surface area contributed by atoms with Crippen LogP contribution in [-0.2, 0) is 6.54 Å². The minimum atomic E-state index is -0.00878. The van der Waals surface area contributed by atoms with E-state index in [9.17, 15) is 10.1 Å². The zero-order chi connectivity index (χ0) is 14.5. The van der Waals surface area contributed by atoms with Gasteiger partial charge in [-0.15, -0.1) is 0 Å². The molecular weight excluding hydrogens is 250 g/mol. The van der Waals surface area contributed by atoms with Crippen molar-refractivity contribution in [3.63, 3.8) is 0 Å². The number of nitrogens with zero attached hydrogens (tertiary/aromatic N) is 3. The fourth-order valence-corrected chi connectivity index (χ4v) is 2.01. The van der Waals surface area contributed by atoms with Gasteiger partial charge in [-0.25, -0.2) is 0 Å². The van der Waals surface area contributed by atoms with Gasteiger partial charge in [-0.3, -0.25) is 9.78 Å². The molecule has 4 nitrogen and oxygen atoms in total. The molecule has 1 aromatic heterocycles. The van der Waals surface area contributed by atoms with Crippen molar-refractivity contribution in [1.29, 1.82) is 5.26 Å². The predicted octanol–water partition coefficient (Wildman–Crippen LogP) is 2.79. The van der Waals surface area contributed by atoms with Crippen LogP contribution in [0.3, 0.4) is 0 Å². The Morgan fingerprint density at radius 3 is 2.80 bits per heavy atom. The highest BCUT2D eigenvalue weighted by atomic mass is 16.1. The van der Waals surface area contributed by atoms with Gasteiger partial charge < -0.3 is 4.90 Å². The van der Waals surface area contributed by atoms with Gasteiger partial charge in [0.1, 0.15) is 6.07 Å². The van der Waals surface area contributed by atoms with E-state index in [4.69, 9.17) is 0 Å². The lowest BCUT2D eigenvalue weighted by atomic mass is 10.1. The summed E-state index contributed by atoms with van der Waals surface area (Å²) in [5, 5.41) is 9.19. The predicted molar refractivity (Wildman–Crippen MR) is 77.5 cm³/mol. The average molecular weight is 265 g/mol. The van der Waals surface area contributed by atoms with E-state index in [0.717, 1.165) is 11.3 Å². The molecule has 0 N–H and O–H groups in total. The zero-order valence-electron chi connectivity index (χ0n) is 11.5. The lowest BCUT2D eigenvalue weighted by molar-refractivity contribution is 0.101. The van der Waals surface area contributed by atoms with Crippen molar-refractivity contribution < 1.29 is 4.79 Å². The van der Waals surface area contributed by atoms with Gasteiger partial charge in [-0.05, 0) is 36.8 Å². The average Bonchev–Trinajstić information content (AvgIpc) is 2.47. The van der Waals surface area contributed by atoms with Crippen LogP contribution in [0.5, 0.6) is 0 Å². The summed E-state index contributed by atoms with van der Waals surface area (Å²) >= 11 is 0. The molecule has 0 fully saturated rings. The highest BCUT2D eigenvalue weighted by Crippen LogP contribution is 2.22. The van der Waals surface area contributed by atoms with Crippen molar-refractivity contribution in [2.24, 2.45) is 0 Å². The number of aromatic nitrogens is 1. The molecule has 0 bridgehead atoms. The molecule has 0 radical (unpaired) electrons. The number of Topliss-reactive ketones (excluding diaryl/α,β-unsaturated/α-hetero) is 1. The summed E-state index contributed by atoms with van der Waals surface area (Å²) in [7, 11) is 1.90. The van der Waals surface area contributed by atoms with E-state index >= 15 is 0 Å². The lowest BCUT2D eigenvalue weighted by Gasteiger charge is -2.21. The van der Waals surface area contributed by atoms with E-state index in [1.807, 2.05) is 24.1 Å². The number of rotatable bonds is 4. The van der Waals surface area contributed by atoms with Crippen LogP contribution in [0.1, 0.15) is 28.4 Å². The van der Waals surface area contributed by atoms with E-state index in [0.29, 0.717) is 17.7 Å². The summed E-state index contributed by atoms with van der Waals surface area (Å²) in [6.45, 7) is 2.15. The second-order valence-corrected chi connectivity index (χ2v) is 4.62. The van der Waals surface area contributed by atoms with Gasteiger partial charge in [0.25, 0.3) is 0 Å². The Morgan fingerprint density at radius 1 is 1.40 bits per heavy atom. The molecule has 2 rings (SSSR count).